The Balaban J connectivity index is 2.74. The first-order valence-electron chi connectivity index (χ1n) is 8.98. The van der Waals surface area contributed by atoms with Crippen LogP contribution in [0.25, 0.3) is 0 Å². The number of aliphatic hydroxyl groups is 1. The maximum atomic E-state index is 12.7. The Bertz CT molecular complexity index is 407. The van der Waals surface area contributed by atoms with Crippen molar-refractivity contribution in [3.8, 4) is 0 Å². The van der Waals surface area contributed by atoms with E-state index in [1.165, 1.54) is 0 Å². The summed E-state index contributed by atoms with van der Waals surface area (Å²) >= 11 is 0. The average Bonchev–Trinajstić information content (AvgIpc) is 2.50. The standard InChI is InChI=1S/C18H34N2O3/c1-6-14(4)18(5,23)12-19-17(22)15(11-13(2)3)20-10-8-7-9-16(20)21/h13-15,23H,6-12H2,1-5H3,(H,19,22). The van der Waals surface area contributed by atoms with E-state index in [-0.39, 0.29) is 24.3 Å². The van der Waals surface area contributed by atoms with E-state index in [0.717, 1.165) is 19.3 Å². The minimum Gasteiger partial charge on any atom is -0.388 e. The lowest BCUT2D eigenvalue weighted by Gasteiger charge is -2.36. The van der Waals surface area contributed by atoms with Crippen LogP contribution in [-0.4, -0.2) is 46.6 Å². The Morgan fingerprint density at radius 3 is 2.52 bits per heavy atom. The lowest BCUT2D eigenvalue weighted by atomic mass is 9.88. The third-order valence-corrected chi connectivity index (χ3v) is 5.03. The maximum absolute atomic E-state index is 12.7. The molecule has 1 heterocycles. The van der Waals surface area contributed by atoms with Gasteiger partial charge in [-0.1, -0.05) is 34.1 Å². The summed E-state index contributed by atoms with van der Waals surface area (Å²) < 4.78 is 0. The molecule has 5 nitrogen and oxygen atoms in total. The van der Waals surface area contributed by atoms with Gasteiger partial charge in [0.15, 0.2) is 0 Å². The molecular weight excluding hydrogens is 292 g/mol. The van der Waals surface area contributed by atoms with Gasteiger partial charge in [-0.05, 0) is 38.0 Å². The van der Waals surface area contributed by atoms with Crippen LogP contribution in [0.3, 0.4) is 0 Å². The summed E-state index contributed by atoms with van der Waals surface area (Å²) in [5, 5.41) is 13.3. The quantitative estimate of drug-likeness (QED) is 0.719. The predicted octanol–water partition coefficient (Wildman–Crippen LogP) is 2.33. The molecule has 2 amide bonds. The number of nitrogens with zero attached hydrogens (tertiary/aromatic N) is 1. The lowest BCUT2D eigenvalue weighted by Crippen LogP contribution is -2.54. The van der Waals surface area contributed by atoms with Gasteiger partial charge in [-0.15, -0.1) is 0 Å². The molecule has 3 unspecified atom stereocenters. The molecule has 0 aliphatic carbocycles. The molecule has 0 aromatic heterocycles. The third kappa shape index (κ3) is 5.79. The van der Waals surface area contributed by atoms with E-state index in [2.05, 4.69) is 19.2 Å². The fraction of sp³-hybridized carbons (Fsp3) is 0.889. The molecule has 1 saturated heterocycles. The van der Waals surface area contributed by atoms with Crippen LogP contribution in [0.2, 0.25) is 0 Å². The van der Waals surface area contributed by atoms with Crippen molar-refractivity contribution < 1.29 is 14.7 Å². The molecule has 5 heteroatoms. The van der Waals surface area contributed by atoms with Crippen molar-refractivity contribution in [3.05, 3.63) is 0 Å². The molecule has 0 aromatic carbocycles. The number of carbonyl (C=O) groups excluding carboxylic acids is 2. The number of likely N-dealkylation sites (tertiary alicyclic amines) is 1. The molecule has 134 valence electrons. The highest BCUT2D eigenvalue weighted by atomic mass is 16.3. The molecule has 0 spiro atoms. The fourth-order valence-corrected chi connectivity index (χ4v) is 2.98. The highest BCUT2D eigenvalue weighted by molar-refractivity contribution is 5.88. The third-order valence-electron chi connectivity index (χ3n) is 5.03. The molecule has 1 rings (SSSR count). The molecule has 1 aliphatic heterocycles. The van der Waals surface area contributed by atoms with Gasteiger partial charge in [0.05, 0.1) is 5.60 Å². The van der Waals surface area contributed by atoms with E-state index in [4.69, 9.17) is 0 Å². The van der Waals surface area contributed by atoms with Gasteiger partial charge >= 0.3 is 0 Å². The molecule has 0 bridgehead atoms. The Morgan fingerprint density at radius 1 is 1.35 bits per heavy atom. The Labute approximate surface area is 140 Å². The fourth-order valence-electron chi connectivity index (χ4n) is 2.98. The number of nitrogens with one attached hydrogen (secondary N) is 1. The highest BCUT2D eigenvalue weighted by Gasteiger charge is 2.34. The first-order valence-corrected chi connectivity index (χ1v) is 8.98. The number of hydrogen-bond acceptors (Lipinski definition) is 3. The number of rotatable bonds is 8. The van der Waals surface area contributed by atoms with Gasteiger partial charge in [0, 0.05) is 19.5 Å². The van der Waals surface area contributed by atoms with Gasteiger partial charge in [0.2, 0.25) is 11.8 Å². The van der Waals surface area contributed by atoms with Crippen LogP contribution in [-0.2, 0) is 9.59 Å². The Hall–Kier alpha value is -1.10. The van der Waals surface area contributed by atoms with Gasteiger partial charge < -0.3 is 15.3 Å². The lowest BCUT2D eigenvalue weighted by molar-refractivity contribution is -0.143. The largest absolute Gasteiger partial charge is 0.388 e. The van der Waals surface area contributed by atoms with Crippen molar-refractivity contribution in [1.29, 1.82) is 0 Å². The molecule has 23 heavy (non-hydrogen) atoms. The maximum Gasteiger partial charge on any atom is 0.242 e. The van der Waals surface area contributed by atoms with Crippen LogP contribution in [0, 0.1) is 11.8 Å². The topological polar surface area (TPSA) is 69.6 Å². The van der Waals surface area contributed by atoms with Crippen LogP contribution in [0.15, 0.2) is 0 Å². The van der Waals surface area contributed by atoms with Crippen molar-refractivity contribution in [3.63, 3.8) is 0 Å². The predicted molar refractivity (Wildman–Crippen MR) is 91.9 cm³/mol. The number of amides is 2. The number of carbonyl (C=O) groups is 2. The van der Waals surface area contributed by atoms with Crippen molar-refractivity contribution in [2.24, 2.45) is 11.8 Å². The second-order valence-corrected chi connectivity index (χ2v) is 7.57. The summed E-state index contributed by atoms with van der Waals surface area (Å²) in [7, 11) is 0. The highest BCUT2D eigenvalue weighted by Crippen LogP contribution is 2.21. The minimum atomic E-state index is -0.932. The van der Waals surface area contributed by atoms with Gasteiger partial charge in [-0.3, -0.25) is 9.59 Å². The molecule has 0 radical (unpaired) electrons. The summed E-state index contributed by atoms with van der Waals surface area (Å²) in [4.78, 5) is 26.6. The molecule has 1 aliphatic rings. The minimum absolute atomic E-state index is 0.0748. The summed E-state index contributed by atoms with van der Waals surface area (Å²) in [6, 6.07) is -0.421. The first kappa shape index (κ1) is 19.9. The van der Waals surface area contributed by atoms with Crippen LogP contribution in [0.4, 0.5) is 0 Å². The van der Waals surface area contributed by atoms with Crippen LogP contribution >= 0.6 is 0 Å². The monoisotopic (exact) mass is 326 g/mol. The van der Waals surface area contributed by atoms with Crippen LogP contribution in [0.1, 0.15) is 66.7 Å². The Morgan fingerprint density at radius 2 is 2.00 bits per heavy atom. The molecular formula is C18H34N2O3. The van der Waals surface area contributed by atoms with E-state index in [9.17, 15) is 14.7 Å². The van der Waals surface area contributed by atoms with Crippen molar-refractivity contribution in [2.45, 2.75) is 78.4 Å². The van der Waals surface area contributed by atoms with Gasteiger partial charge in [0.25, 0.3) is 0 Å². The smallest absolute Gasteiger partial charge is 0.242 e. The Kier molecular flexibility index (Phi) is 7.52. The van der Waals surface area contributed by atoms with E-state index in [1.54, 1.807) is 11.8 Å². The zero-order chi connectivity index (χ0) is 17.6. The molecule has 1 fully saturated rings. The number of piperidine rings is 1. The normalized spacial score (nSPS) is 21.0. The summed E-state index contributed by atoms with van der Waals surface area (Å²) in [6.07, 6.45) is 3.91. The second kappa shape index (κ2) is 8.67. The van der Waals surface area contributed by atoms with Crippen molar-refractivity contribution >= 4 is 11.8 Å². The average molecular weight is 326 g/mol. The van der Waals surface area contributed by atoms with Crippen LogP contribution < -0.4 is 5.32 Å². The summed E-state index contributed by atoms with van der Waals surface area (Å²) in [5.74, 6) is 0.363. The molecule has 0 aromatic rings. The summed E-state index contributed by atoms with van der Waals surface area (Å²) in [6.45, 7) is 10.8. The zero-order valence-corrected chi connectivity index (χ0v) is 15.4. The molecule has 3 atom stereocenters. The van der Waals surface area contributed by atoms with E-state index >= 15 is 0 Å². The molecule has 2 N–H and O–H groups in total. The van der Waals surface area contributed by atoms with Gasteiger partial charge in [-0.25, -0.2) is 0 Å². The SMILES string of the molecule is CCC(C)C(C)(O)CNC(=O)C(CC(C)C)N1CCCCC1=O. The second-order valence-electron chi connectivity index (χ2n) is 7.57. The van der Waals surface area contributed by atoms with E-state index < -0.39 is 11.6 Å². The molecule has 0 saturated carbocycles. The number of hydrogen-bond donors (Lipinski definition) is 2. The summed E-state index contributed by atoms with van der Waals surface area (Å²) in [5.41, 5.74) is -0.932. The first-order chi connectivity index (χ1) is 10.7. The van der Waals surface area contributed by atoms with E-state index in [0.29, 0.717) is 25.3 Å². The van der Waals surface area contributed by atoms with Crippen molar-refractivity contribution in [2.75, 3.05) is 13.1 Å². The zero-order valence-electron chi connectivity index (χ0n) is 15.4. The van der Waals surface area contributed by atoms with Gasteiger partial charge in [-0.2, -0.15) is 0 Å². The van der Waals surface area contributed by atoms with Crippen molar-refractivity contribution in [1.82, 2.24) is 10.2 Å². The van der Waals surface area contributed by atoms with Gasteiger partial charge in [0.1, 0.15) is 6.04 Å². The van der Waals surface area contributed by atoms with E-state index in [1.807, 2.05) is 13.8 Å². The van der Waals surface area contributed by atoms with Crippen LogP contribution in [0.5, 0.6) is 0 Å².